The average Bonchev–Trinajstić information content (AvgIpc) is 2.87. The van der Waals surface area contributed by atoms with Crippen molar-refractivity contribution in [3.63, 3.8) is 0 Å². The largest absolute Gasteiger partial charge is 0.263 e. The summed E-state index contributed by atoms with van der Waals surface area (Å²) in [5.41, 5.74) is 0.486. The lowest BCUT2D eigenvalue weighted by molar-refractivity contribution is 0.601. The first-order valence-corrected chi connectivity index (χ1v) is 8.85. The van der Waals surface area contributed by atoms with Gasteiger partial charge in [-0.2, -0.15) is 0 Å². The Balaban J connectivity index is 2.01. The van der Waals surface area contributed by atoms with Crippen LogP contribution in [-0.2, 0) is 10.0 Å². The summed E-state index contributed by atoms with van der Waals surface area (Å²) in [5.74, 6) is 0. The summed E-state index contributed by atoms with van der Waals surface area (Å²) in [6, 6.07) is 11.5. The van der Waals surface area contributed by atoms with E-state index in [-0.39, 0.29) is 10.0 Å². The van der Waals surface area contributed by atoms with Crippen LogP contribution < -0.4 is 4.72 Å². The lowest BCUT2D eigenvalue weighted by atomic mass is 10.3. The molecule has 0 amide bonds. The molecular weight excluding hydrogens is 351 g/mol. The van der Waals surface area contributed by atoms with Crippen molar-refractivity contribution in [3.8, 4) is 0 Å². The molecule has 0 aliphatic rings. The molecule has 0 saturated heterocycles. The number of fused-ring (bicyclic) bond motifs is 1. The van der Waals surface area contributed by atoms with Crippen LogP contribution in [0.5, 0.6) is 0 Å². The number of hydrogen-bond acceptors (Lipinski definition) is 4. The highest BCUT2D eigenvalue weighted by molar-refractivity contribution is 7.93. The molecule has 1 heterocycles. The topological polar surface area (TPSA) is 59.1 Å². The third kappa shape index (κ3) is 2.85. The zero-order valence-electron chi connectivity index (χ0n) is 10.4. The number of thiazole rings is 1. The summed E-state index contributed by atoms with van der Waals surface area (Å²) < 4.78 is 27.7. The van der Waals surface area contributed by atoms with Crippen LogP contribution >= 0.6 is 34.5 Å². The molecule has 0 aliphatic carbocycles. The van der Waals surface area contributed by atoms with E-state index in [0.717, 1.165) is 4.70 Å². The van der Waals surface area contributed by atoms with Gasteiger partial charge >= 0.3 is 0 Å². The number of aromatic nitrogens is 1. The van der Waals surface area contributed by atoms with E-state index in [1.807, 2.05) is 0 Å². The fraction of sp³-hybridized carbons (Fsp3) is 0. The number of rotatable bonds is 3. The molecule has 4 nitrogen and oxygen atoms in total. The minimum Gasteiger partial charge on any atom is -0.255 e. The van der Waals surface area contributed by atoms with Gasteiger partial charge in [-0.15, -0.1) is 0 Å². The van der Waals surface area contributed by atoms with Crippen molar-refractivity contribution < 1.29 is 8.42 Å². The molecule has 21 heavy (non-hydrogen) atoms. The number of nitrogens with one attached hydrogen (secondary N) is 1. The second-order valence-corrected chi connectivity index (χ2v) is 7.64. The van der Waals surface area contributed by atoms with Gasteiger partial charge in [-0.25, -0.2) is 13.4 Å². The molecule has 0 saturated carbocycles. The van der Waals surface area contributed by atoms with Crippen LogP contribution in [0.4, 0.5) is 5.13 Å². The highest BCUT2D eigenvalue weighted by Gasteiger charge is 2.17. The molecule has 2 aromatic carbocycles. The summed E-state index contributed by atoms with van der Waals surface area (Å²) in [6.45, 7) is 0. The molecule has 0 radical (unpaired) electrons. The Bertz CT molecular complexity index is 909. The van der Waals surface area contributed by atoms with Gasteiger partial charge < -0.3 is 0 Å². The predicted molar refractivity (Wildman–Crippen MR) is 86.9 cm³/mol. The monoisotopic (exact) mass is 358 g/mol. The molecule has 0 atom stereocenters. The minimum absolute atomic E-state index is 0.174. The number of anilines is 1. The number of nitrogens with zero attached hydrogens (tertiary/aromatic N) is 1. The summed E-state index contributed by atoms with van der Waals surface area (Å²) in [4.78, 5) is 4.37. The third-order valence-corrected chi connectivity index (χ3v) is 5.94. The van der Waals surface area contributed by atoms with Crippen molar-refractivity contribution in [2.75, 3.05) is 4.72 Å². The molecule has 0 bridgehead atoms. The number of sulfonamides is 1. The standard InChI is InChI=1S/C13H8Cl2N2O2S2/c14-9-6-7-10-12(11(9)15)16-13(20-10)17-21(18,19)8-4-2-1-3-5-8/h1-7H,(H,16,17). The maximum absolute atomic E-state index is 12.2. The normalized spacial score (nSPS) is 11.7. The lowest BCUT2D eigenvalue weighted by Crippen LogP contribution is -2.12. The summed E-state index contributed by atoms with van der Waals surface area (Å²) in [5, 5.41) is 0.945. The van der Waals surface area contributed by atoms with Gasteiger partial charge in [0, 0.05) is 0 Å². The fourth-order valence-electron chi connectivity index (χ4n) is 1.75. The number of benzene rings is 2. The van der Waals surface area contributed by atoms with Crippen molar-refractivity contribution >= 4 is 59.9 Å². The van der Waals surface area contributed by atoms with Crippen LogP contribution in [0, 0.1) is 0 Å². The van der Waals surface area contributed by atoms with Gasteiger partial charge in [0.25, 0.3) is 10.0 Å². The van der Waals surface area contributed by atoms with Gasteiger partial charge in [-0.1, -0.05) is 52.7 Å². The Morgan fingerprint density at radius 3 is 2.48 bits per heavy atom. The Morgan fingerprint density at radius 2 is 1.76 bits per heavy atom. The van der Waals surface area contributed by atoms with Gasteiger partial charge in [0.15, 0.2) is 5.13 Å². The number of hydrogen-bond donors (Lipinski definition) is 1. The zero-order chi connectivity index (χ0) is 15.0. The van der Waals surface area contributed by atoms with E-state index in [2.05, 4.69) is 9.71 Å². The molecule has 108 valence electrons. The predicted octanol–water partition coefficient (Wildman–Crippen LogP) is 4.40. The summed E-state index contributed by atoms with van der Waals surface area (Å²) >= 11 is 13.2. The van der Waals surface area contributed by atoms with Gasteiger partial charge in [0.05, 0.1) is 19.6 Å². The van der Waals surface area contributed by atoms with Crippen LogP contribution in [0.25, 0.3) is 10.2 Å². The maximum Gasteiger partial charge on any atom is 0.263 e. The van der Waals surface area contributed by atoms with Crippen molar-refractivity contribution in [2.45, 2.75) is 4.90 Å². The fourth-order valence-corrected chi connectivity index (χ4v) is 4.30. The van der Waals surface area contributed by atoms with E-state index in [0.29, 0.717) is 15.6 Å². The molecule has 1 N–H and O–H groups in total. The molecule has 0 aliphatic heterocycles. The van der Waals surface area contributed by atoms with Crippen LogP contribution in [-0.4, -0.2) is 13.4 Å². The van der Waals surface area contributed by atoms with Gasteiger partial charge in [-0.05, 0) is 24.3 Å². The lowest BCUT2D eigenvalue weighted by Gasteiger charge is -2.03. The number of halogens is 2. The molecule has 3 aromatic rings. The molecule has 8 heteroatoms. The molecule has 0 unspecified atom stereocenters. The van der Waals surface area contributed by atoms with Crippen LogP contribution in [0.3, 0.4) is 0 Å². The SMILES string of the molecule is O=S(=O)(Nc1nc2c(Cl)c(Cl)ccc2s1)c1ccccc1. The highest BCUT2D eigenvalue weighted by Crippen LogP contribution is 2.35. The first kappa shape index (κ1) is 14.6. The maximum atomic E-state index is 12.2. The quantitative estimate of drug-likeness (QED) is 0.754. The van der Waals surface area contributed by atoms with Crippen LogP contribution in [0.2, 0.25) is 10.0 Å². The van der Waals surface area contributed by atoms with E-state index in [4.69, 9.17) is 23.2 Å². The Morgan fingerprint density at radius 1 is 1.05 bits per heavy atom. The van der Waals surface area contributed by atoms with Gasteiger partial charge in [-0.3, -0.25) is 4.72 Å². The summed E-state index contributed by atoms with van der Waals surface area (Å²) in [7, 11) is -3.66. The first-order chi connectivity index (χ1) is 9.97. The van der Waals surface area contributed by atoms with E-state index in [9.17, 15) is 8.42 Å². The molecular formula is C13H8Cl2N2O2S2. The van der Waals surface area contributed by atoms with E-state index >= 15 is 0 Å². The second-order valence-electron chi connectivity index (χ2n) is 4.15. The third-order valence-electron chi connectivity index (χ3n) is 2.73. The first-order valence-electron chi connectivity index (χ1n) is 5.80. The van der Waals surface area contributed by atoms with Crippen molar-refractivity contribution in [1.82, 2.24) is 4.98 Å². The second kappa shape index (κ2) is 5.46. The Labute approximate surface area is 135 Å². The minimum atomic E-state index is -3.66. The van der Waals surface area contributed by atoms with Crippen LogP contribution in [0.15, 0.2) is 47.4 Å². The van der Waals surface area contributed by atoms with Crippen molar-refractivity contribution in [2.24, 2.45) is 0 Å². The van der Waals surface area contributed by atoms with Crippen molar-refractivity contribution in [3.05, 3.63) is 52.5 Å². The van der Waals surface area contributed by atoms with Crippen molar-refractivity contribution in [1.29, 1.82) is 0 Å². The smallest absolute Gasteiger partial charge is 0.255 e. The molecule has 3 rings (SSSR count). The Hall–Kier alpha value is -1.34. The van der Waals surface area contributed by atoms with Gasteiger partial charge in [0.1, 0.15) is 5.52 Å². The molecule has 0 fully saturated rings. The highest BCUT2D eigenvalue weighted by atomic mass is 35.5. The Kier molecular flexibility index (Phi) is 3.79. The van der Waals surface area contributed by atoms with E-state index in [1.165, 1.54) is 23.5 Å². The molecule has 0 spiro atoms. The van der Waals surface area contributed by atoms with E-state index in [1.54, 1.807) is 30.3 Å². The zero-order valence-corrected chi connectivity index (χ0v) is 13.5. The average molecular weight is 359 g/mol. The van der Waals surface area contributed by atoms with E-state index < -0.39 is 10.0 Å². The summed E-state index contributed by atoms with van der Waals surface area (Å²) in [6.07, 6.45) is 0. The van der Waals surface area contributed by atoms with Crippen LogP contribution in [0.1, 0.15) is 0 Å². The van der Waals surface area contributed by atoms with Gasteiger partial charge in [0.2, 0.25) is 0 Å². The molecule has 1 aromatic heterocycles.